The SMILES string of the molecule is CC/C=C\C/C=C\C/C=C\C/C=C\CCCCCCCCCCCCC(=O)NC(COC1OC(CO)C(OC2OC(CO)C(O)C(O)C2O)C(O)C1O)C(O)CCCCCCCCCCCCCCCCCCCCCCCCCCCCCCCCCCC. The molecule has 2 saturated heterocycles. The minimum absolute atomic E-state index is 0.208. The van der Waals surface area contributed by atoms with E-state index in [1.165, 1.54) is 225 Å². The van der Waals surface area contributed by atoms with Crippen molar-refractivity contribution >= 4 is 5.91 Å². The third kappa shape index (κ3) is 43.8. The van der Waals surface area contributed by atoms with Crippen LogP contribution in [0, 0.1) is 0 Å². The number of unbranched alkanes of at least 4 members (excludes halogenated alkanes) is 42. The van der Waals surface area contributed by atoms with E-state index in [-0.39, 0.29) is 12.5 Å². The van der Waals surface area contributed by atoms with Crippen LogP contribution in [0.25, 0.3) is 0 Å². The molecule has 2 heterocycles. The van der Waals surface area contributed by atoms with E-state index >= 15 is 0 Å². The van der Waals surface area contributed by atoms with Gasteiger partial charge in [0, 0.05) is 6.42 Å². The molecule has 1 amide bonds. The number of hydrogen-bond donors (Lipinski definition) is 9. The Balaban J connectivity index is 1.62. The second kappa shape index (κ2) is 60.6. The Bertz CT molecular complexity index is 1690. The molecular formula is C76H141NO13. The van der Waals surface area contributed by atoms with Crippen LogP contribution in [-0.2, 0) is 23.7 Å². The second-order valence-electron chi connectivity index (χ2n) is 26.8. The molecule has 90 heavy (non-hydrogen) atoms. The lowest BCUT2D eigenvalue weighted by atomic mass is 9.97. The fraction of sp³-hybridized carbons (Fsp3) is 0.882. The van der Waals surface area contributed by atoms with Crippen molar-refractivity contribution in [3.05, 3.63) is 48.6 Å². The van der Waals surface area contributed by atoms with Crippen LogP contribution in [0.3, 0.4) is 0 Å². The van der Waals surface area contributed by atoms with E-state index in [2.05, 4.69) is 67.8 Å². The number of nitrogens with one attached hydrogen (secondary N) is 1. The van der Waals surface area contributed by atoms with Crippen LogP contribution < -0.4 is 5.32 Å². The molecule has 2 fully saturated rings. The summed E-state index contributed by atoms with van der Waals surface area (Å²) in [6, 6.07) is -0.835. The van der Waals surface area contributed by atoms with Gasteiger partial charge in [-0.05, 0) is 51.4 Å². The normalized spacial score (nSPS) is 23.1. The molecule has 0 aromatic heterocycles. The van der Waals surface area contributed by atoms with Gasteiger partial charge in [-0.15, -0.1) is 0 Å². The number of hydrogen-bond acceptors (Lipinski definition) is 13. The van der Waals surface area contributed by atoms with Crippen molar-refractivity contribution in [2.75, 3.05) is 19.8 Å². The summed E-state index contributed by atoms with van der Waals surface area (Å²) < 4.78 is 23.0. The number of ether oxygens (including phenoxy) is 4. The molecule has 0 radical (unpaired) electrons. The zero-order valence-corrected chi connectivity index (χ0v) is 57.6. The lowest BCUT2D eigenvalue weighted by Gasteiger charge is -2.46. The van der Waals surface area contributed by atoms with Crippen molar-refractivity contribution in [2.45, 2.75) is 408 Å². The van der Waals surface area contributed by atoms with Gasteiger partial charge in [-0.1, -0.05) is 326 Å². The van der Waals surface area contributed by atoms with E-state index in [0.29, 0.717) is 12.8 Å². The monoisotopic (exact) mass is 1280 g/mol. The summed E-state index contributed by atoms with van der Waals surface area (Å²) in [6.45, 7) is 2.79. The van der Waals surface area contributed by atoms with Crippen molar-refractivity contribution in [3.8, 4) is 0 Å². The molecular weight excluding hydrogens is 1130 g/mol. The van der Waals surface area contributed by atoms with Crippen molar-refractivity contribution < 1.29 is 64.6 Å². The summed E-state index contributed by atoms with van der Waals surface area (Å²) in [6.07, 6.45) is 62.8. The average Bonchev–Trinajstić information content (AvgIpc) is 1.28. The summed E-state index contributed by atoms with van der Waals surface area (Å²) in [5.41, 5.74) is 0. The Kier molecular flexibility index (Phi) is 56.6. The van der Waals surface area contributed by atoms with Gasteiger partial charge in [0.1, 0.15) is 48.8 Å². The Morgan fingerprint density at radius 3 is 1.18 bits per heavy atom. The molecule has 0 aliphatic carbocycles. The highest BCUT2D eigenvalue weighted by atomic mass is 16.7. The molecule has 2 aliphatic rings. The standard InChI is InChI=1S/C76H141NO13/c1-3-5-7-9-11-13-15-17-19-21-23-25-27-28-29-30-31-32-33-34-35-36-38-39-41-43-45-47-49-51-53-55-57-59-65(80)64(63-87-75-73(86)71(84)74(67(62-79)89-75)90-76-72(85)70(83)69(82)66(61-78)88-76)77-68(81)60-58-56-54-52-50-48-46-44-42-40-37-26-24-22-20-18-16-14-12-10-8-6-4-2/h6,8,12,14,18,20,24,26,64-67,69-76,78-80,82-86H,3-5,7,9-11,13,15-17,19,21-23,25,27-63H2,1-2H3,(H,77,81)/b8-6-,14-12-,20-18-,26-24-. The molecule has 0 aromatic carbocycles. The zero-order valence-electron chi connectivity index (χ0n) is 57.6. The molecule has 14 heteroatoms. The van der Waals surface area contributed by atoms with Crippen LogP contribution >= 0.6 is 0 Å². The minimum Gasteiger partial charge on any atom is -0.394 e. The van der Waals surface area contributed by atoms with Crippen LogP contribution in [0.1, 0.15) is 335 Å². The Labute approximate surface area is 550 Å². The quantitative estimate of drug-likeness (QED) is 0.0204. The highest BCUT2D eigenvalue weighted by Gasteiger charge is 2.51. The van der Waals surface area contributed by atoms with E-state index in [0.717, 1.165) is 83.5 Å². The van der Waals surface area contributed by atoms with E-state index in [4.69, 9.17) is 18.9 Å². The highest BCUT2D eigenvalue weighted by Crippen LogP contribution is 2.30. The molecule has 0 aromatic rings. The molecule has 9 N–H and O–H groups in total. The predicted molar refractivity (Wildman–Crippen MR) is 369 cm³/mol. The van der Waals surface area contributed by atoms with E-state index < -0.39 is 86.8 Å². The largest absolute Gasteiger partial charge is 0.394 e. The van der Waals surface area contributed by atoms with Gasteiger partial charge in [0.05, 0.1) is 32.0 Å². The molecule has 528 valence electrons. The first kappa shape index (κ1) is 84.0. The zero-order chi connectivity index (χ0) is 65.2. The predicted octanol–water partition coefficient (Wildman–Crippen LogP) is 16.2. The van der Waals surface area contributed by atoms with Crippen LogP contribution in [-0.4, -0.2) is 140 Å². The van der Waals surface area contributed by atoms with Gasteiger partial charge in [0.15, 0.2) is 12.6 Å². The average molecular weight is 1280 g/mol. The number of aliphatic hydroxyl groups excluding tert-OH is 8. The van der Waals surface area contributed by atoms with Crippen LogP contribution in [0.4, 0.5) is 0 Å². The molecule has 2 aliphatic heterocycles. The van der Waals surface area contributed by atoms with E-state index in [1.54, 1.807) is 0 Å². The van der Waals surface area contributed by atoms with Crippen molar-refractivity contribution in [3.63, 3.8) is 0 Å². The topological polar surface area (TPSA) is 228 Å². The van der Waals surface area contributed by atoms with Crippen molar-refractivity contribution in [2.24, 2.45) is 0 Å². The number of rotatable bonds is 63. The second-order valence-corrected chi connectivity index (χ2v) is 26.8. The number of carbonyl (C=O) groups is 1. The third-order valence-corrected chi connectivity index (χ3v) is 18.6. The molecule has 2 rings (SSSR count). The first-order valence-electron chi connectivity index (χ1n) is 37.9. The number of carbonyl (C=O) groups excluding carboxylic acids is 1. The molecule has 12 atom stereocenters. The van der Waals surface area contributed by atoms with Gasteiger partial charge in [-0.25, -0.2) is 0 Å². The maximum absolute atomic E-state index is 13.4. The minimum atomic E-state index is -1.79. The Morgan fingerprint density at radius 1 is 0.411 bits per heavy atom. The van der Waals surface area contributed by atoms with E-state index in [1.807, 2.05) is 0 Å². The maximum atomic E-state index is 13.4. The van der Waals surface area contributed by atoms with Gasteiger partial charge in [0.25, 0.3) is 0 Å². The third-order valence-electron chi connectivity index (χ3n) is 18.6. The summed E-state index contributed by atoms with van der Waals surface area (Å²) in [5, 5.41) is 87.7. The van der Waals surface area contributed by atoms with Gasteiger partial charge < -0.3 is 65.1 Å². The number of aliphatic hydroxyl groups is 8. The van der Waals surface area contributed by atoms with Gasteiger partial charge in [-0.2, -0.15) is 0 Å². The fourth-order valence-electron chi connectivity index (χ4n) is 12.6. The van der Waals surface area contributed by atoms with Crippen LogP contribution in [0.5, 0.6) is 0 Å². The molecule has 14 nitrogen and oxygen atoms in total. The first-order chi connectivity index (χ1) is 44.1. The summed E-state index contributed by atoms with van der Waals surface area (Å²) in [5.74, 6) is -0.208. The highest BCUT2D eigenvalue weighted by molar-refractivity contribution is 5.76. The molecule has 0 spiro atoms. The molecule has 12 unspecified atom stereocenters. The summed E-state index contributed by atoms with van der Waals surface area (Å²) in [4.78, 5) is 13.4. The fourth-order valence-corrected chi connectivity index (χ4v) is 12.6. The van der Waals surface area contributed by atoms with Crippen LogP contribution in [0.15, 0.2) is 48.6 Å². The van der Waals surface area contributed by atoms with Crippen molar-refractivity contribution in [1.29, 1.82) is 0 Å². The number of allylic oxidation sites excluding steroid dienone is 8. The lowest BCUT2D eigenvalue weighted by molar-refractivity contribution is -0.359. The lowest BCUT2D eigenvalue weighted by Crippen LogP contribution is -2.65. The molecule has 0 bridgehead atoms. The van der Waals surface area contributed by atoms with Crippen molar-refractivity contribution in [1.82, 2.24) is 5.32 Å². The molecule has 0 saturated carbocycles. The Morgan fingerprint density at radius 2 is 0.767 bits per heavy atom. The van der Waals surface area contributed by atoms with Gasteiger partial charge in [-0.3, -0.25) is 4.79 Å². The summed E-state index contributed by atoms with van der Waals surface area (Å²) >= 11 is 0. The Hall–Kier alpha value is -2.05. The van der Waals surface area contributed by atoms with Crippen LogP contribution in [0.2, 0.25) is 0 Å². The summed E-state index contributed by atoms with van der Waals surface area (Å²) in [7, 11) is 0. The first-order valence-corrected chi connectivity index (χ1v) is 37.9. The number of amides is 1. The van der Waals surface area contributed by atoms with Gasteiger partial charge >= 0.3 is 0 Å². The maximum Gasteiger partial charge on any atom is 0.220 e. The van der Waals surface area contributed by atoms with E-state index in [9.17, 15) is 45.6 Å². The smallest absolute Gasteiger partial charge is 0.220 e. The van der Waals surface area contributed by atoms with Gasteiger partial charge in [0.2, 0.25) is 5.91 Å².